The molecule has 1 aliphatic carbocycles. The lowest BCUT2D eigenvalue weighted by Crippen LogP contribution is -2.21. The van der Waals surface area contributed by atoms with E-state index in [1.165, 1.54) is 0 Å². The zero-order chi connectivity index (χ0) is 12.1. The van der Waals surface area contributed by atoms with Crippen LogP contribution in [0, 0.1) is 5.92 Å². The predicted molar refractivity (Wildman–Crippen MR) is 67.5 cm³/mol. The monoisotopic (exact) mass is 231 g/mol. The standard InChI is InChI=1S/C14H17NO2/c1-2-17-14(16)12-9-6-10-13(12)15-11-7-4-3-5-8-11/h3-5,7-8,12H,2,6,9-10H2,1H3. The molecule has 3 heteroatoms. The number of ether oxygens (including phenoxy) is 1. The summed E-state index contributed by atoms with van der Waals surface area (Å²) in [6.07, 6.45) is 2.79. The molecular formula is C14H17NO2. The predicted octanol–water partition coefficient (Wildman–Crippen LogP) is 3.12. The Labute approximate surface area is 102 Å². The van der Waals surface area contributed by atoms with Crippen molar-refractivity contribution in [1.82, 2.24) is 0 Å². The van der Waals surface area contributed by atoms with Crippen LogP contribution in [0.25, 0.3) is 0 Å². The highest BCUT2D eigenvalue weighted by Gasteiger charge is 2.30. The number of carbonyl (C=O) groups is 1. The van der Waals surface area contributed by atoms with Gasteiger partial charge in [-0.2, -0.15) is 0 Å². The van der Waals surface area contributed by atoms with Crippen LogP contribution in [-0.2, 0) is 9.53 Å². The van der Waals surface area contributed by atoms with E-state index < -0.39 is 0 Å². The Kier molecular flexibility index (Phi) is 3.91. The van der Waals surface area contributed by atoms with E-state index in [1.807, 2.05) is 37.3 Å². The van der Waals surface area contributed by atoms with Gasteiger partial charge in [0.2, 0.25) is 0 Å². The highest BCUT2D eigenvalue weighted by Crippen LogP contribution is 2.26. The minimum atomic E-state index is -0.129. The maximum Gasteiger partial charge on any atom is 0.314 e. The van der Waals surface area contributed by atoms with E-state index in [9.17, 15) is 4.79 Å². The van der Waals surface area contributed by atoms with Gasteiger partial charge in [-0.1, -0.05) is 18.2 Å². The molecule has 1 aromatic rings. The number of para-hydroxylation sites is 1. The van der Waals surface area contributed by atoms with Gasteiger partial charge in [-0.3, -0.25) is 9.79 Å². The van der Waals surface area contributed by atoms with Crippen molar-refractivity contribution in [2.75, 3.05) is 6.61 Å². The molecule has 1 saturated carbocycles. The van der Waals surface area contributed by atoms with E-state index in [2.05, 4.69) is 4.99 Å². The molecule has 0 saturated heterocycles. The maximum atomic E-state index is 11.7. The molecule has 0 amide bonds. The third-order valence-corrected chi connectivity index (χ3v) is 2.93. The first-order valence-electron chi connectivity index (χ1n) is 6.10. The van der Waals surface area contributed by atoms with Crippen molar-refractivity contribution in [2.45, 2.75) is 26.2 Å². The fourth-order valence-electron chi connectivity index (χ4n) is 2.13. The summed E-state index contributed by atoms with van der Waals surface area (Å²) in [6, 6.07) is 9.77. The quantitative estimate of drug-likeness (QED) is 0.750. The Morgan fingerprint density at radius 3 is 2.88 bits per heavy atom. The minimum Gasteiger partial charge on any atom is -0.465 e. The van der Waals surface area contributed by atoms with Gasteiger partial charge in [-0.15, -0.1) is 0 Å². The summed E-state index contributed by atoms with van der Waals surface area (Å²) in [5.74, 6) is -0.255. The van der Waals surface area contributed by atoms with Crippen molar-refractivity contribution in [2.24, 2.45) is 10.9 Å². The fourth-order valence-corrected chi connectivity index (χ4v) is 2.13. The van der Waals surface area contributed by atoms with Crippen LogP contribution in [-0.4, -0.2) is 18.3 Å². The smallest absolute Gasteiger partial charge is 0.314 e. The van der Waals surface area contributed by atoms with Crippen LogP contribution in [0.4, 0.5) is 5.69 Å². The van der Waals surface area contributed by atoms with Gasteiger partial charge in [-0.25, -0.2) is 0 Å². The van der Waals surface area contributed by atoms with Crippen molar-refractivity contribution in [3.05, 3.63) is 30.3 Å². The lowest BCUT2D eigenvalue weighted by Gasteiger charge is -2.09. The van der Waals surface area contributed by atoms with Crippen LogP contribution in [0.2, 0.25) is 0 Å². The first-order chi connectivity index (χ1) is 8.31. The second-order valence-electron chi connectivity index (χ2n) is 4.14. The second-order valence-corrected chi connectivity index (χ2v) is 4.14. The summed E-state index contributed by atoms with van der Waals surface area (Å²) in [6.45, 7) is 2.27. The molecule has 0 heterocycles. The third-order valence-electron chi connectivity index (χ3n) is 2.93. The van der Waals surface area contributed by atoms with E-state index >= 15 is 0 Å². The van der Waals surface area contributed by atoms with Gasteiger partial charge < -0.3 is 4.74 Å². The molecule has 1 fully saturated rings. The van der Waals surface area contributed by atoms with Gasteiger partial charge in [0.25, 0.3) is 0 Å². The van der Waals surface area contributed by atoms with Gasteiger partial charge in [0.15, 0.2) is 0 Å². The van der Waals surface area contributed by atoms with Crippen molar-refractivity contribution < 1.29 is 9.53 Å². The van der Waals surface area contributed by atoms with Crippen molar-refractivity contribution in [1.29, 1.82) is 0 Å². The van der Waals surface area contributed by atoms with Crippen LogP contribution in [0.15, 0.2) is 35.3 Å². The van der Waals surface area contributed by atoms with Crippen LogP contribution < -0.4 is 0 Å². The van der Waals surface area contributed by atoms with Gasteiger partial charge >= 0.3 is 5.97 Å². The Morgan fingerprint density at radius 1 is 1.41 bits per heavy atom. The largest absolute Gasteiger partial charge is 0.465 e. The molecule has 1 atom stereocenters. The van der Waals surface area contributed by atoms with E-state index in [4.69, 9.17) is 4.74 Å². The molecule has 0 bridgehead atoms. The molecule has 0 aromatic heterocycles. The Balaban J connectivity index is 2.14. The van der Waals surface area contributed by atoms with Gasteiger partial charge in [0, 0.05) is 5.71 Å². The first kappa shape index (κ1) is 11.8. The number of carbonyl (C=O) groups excluding carboxylic acids is 1. The average molecular weight is 231 g/mol. The number of hydrogen-bond acceptors (Lipinski definition) is 3. The highest BCUT2D eigenvalue weighted by atomic mass is 16.5. The summed E-state index contributed by atoms with van der Waals surface area (Å²) < 4.78 is 5.07. The highest BCUT2D eigenvalue weighted by molar-refractivity contribution is 6.04. The topological polar surface area (TPSA) is 38.7 Å². The zero-order valence-electron chi connectivity index (χ0n) is 10.1. The van der Waals surface area contributed by atoms with Gasteiger partial charge in [-0.05, 0) is 38.3 Å². The average Bonchev–Trinajstić information content (AvgIpc) is 2.79. The van der Waals surface area contributed by atoms with Gasteiger partial charge in [0.1, 0.15) is 0 Å². The summed E-state index contributed by atoms with van der Waals surface area (Å²) in [5.41, 5.74) is 1.88. The normalized spacial score (nSPS) is 21.7. The first-order valence-corrected chi connectivity index (χ1v) is 6.10. The summed E-state index contributed by atoms with van der Waals surface area (Å²) in [4.78, 5) is 16.3. The van der Waals surface area contributed by atoms with Crippen LogP contribution in [0.3, 0.4) is 0 Å². The zero-order valence-corrected chi connectivity index (χ0v) is 10.1. The Bertz CT molecular complexity index is 411. The lowest BCUT2D eigenvalue weighted by molar-refractivity contribution is -0.145. The van der Waals surface area contributed by atoms with Crippen LogP contribution in [0.5, 0.6) is 0 Å². The molecule has 90 valence electrons. The molecule has 1 aromatic carbocycles. The summed E-state index contributed by atoms with van der Waals surface area (Å²) in [7, 11) is 0. The van der Waals surface area contributed by atoms with E-state index in [0.29, 0.717) is 6.61 Å². The Morgan fingerprint density at radius 2 is 2.18 bits per heavy atom. The van der Waals surface area contributed by atoms with E-state index in [-0.39, 0.29) is 11.9 Å². The van der Waals surface area contributed by atoms with Crippen molar-refractivity contribution in [3.8, 4) is 0 Å². The number of hydrogen-bond donors (Lipinski definition) is 0. The second kappa shape index (κ2) is 5.62. The van der Waals surface area contributed by atoms with Crippen molar-refractivity contribution >= 4 is 17.4 Å². The van der Waals surface area contributed by atoms with Crippen molar-refractivity contribution in [3.63, 3.8) is 0 Å². The number of benzene rings is 1. The molecule has 1 unspecified atom stereocenters. The van der Waals surface area contributed by atoms with Crippen LogP contribution >= 0.6 is 0 Å². The SMILES string of the molecule is CCOC(=O)C1CCCC1=Nc1ccccc1. The maximum absolute atomic E-state index is 11.7. The summed E-state index contributed by atoms with van der Waals surface area (Å²) in [5, 5.41) is 0. The fraction of sp³-hybridized carbons (Fsp3) is 0.429. The lowest BCUT2D eigenvalue weighted by atomic mass is 10.1. The third kappa shape index (κ3) is 2.93. The molecule has 0 spiro atoms. The molecule has 0 radical (unpaired) electrons. The number of esters is 1. The van der Waals surface area contributed by atoms with E-state index in [0.717, 1.165) is 30.7 Å². The molecule has 1 aliphatic rings. The summed E-state index contributed by atoms with van der Waals surface area (Å²) >= 11 is 0. The number of aliphatic imine (C=N–C) groups is 1. The van der Waals surface area contributed by atoms with E-state index in [1.54, 1.807) is 0 Å². The molecule has 0 aliphatic heterocycles. The molecular weight excluding hydrogens is 214 g/mol. The number of nitrogens with zero attached hydrogens (tertiary/aromatic N) is 1. The van der Waals surface area contributed by atoms with Gasteiger partial charge in [0.05, 0.1) is 18.2 Å². The molecule has 2 rings (SSSR count). The Hall–Kier alpha value is -1.64. The number of rotatable bonds is 3. The molecule has 0 N–H and O–H groups in total. The molecule has 3 nitrogen and oxygen atoms in total. The molecule has 17 heavy (non-hydrogen) atoms. The van der Waals surface area contributed by atoms with Crippen LogP contribution in [0.1, 0.15) is 26.2 Å². The minimum absolute atomic E-state index is 0.125.